The Labute approximate surface area is 140 Å². The van der Waals surface area contributed by atoms with Gasteiger partial charge in [-0.15, -0.1) is 0 Å². The molecule has 23 heavy (non-hydrogen) atoms. The maximum Gasteiger partial charge on any atom is 0.341 e. The van der Waals surface area contributed by atoms with Crippen LogP contribution in [0.15, 0.2) is 18.2 Å². The molecule has 0 saturated carbocycles. The second kappa shape index (κ2) is 10.1. The molecule has 0 bridgehead atoms. The largest absolute Gasteiger partial charge is 0.507 e. The summed E-state index contributed by atoms with van der Waals surface area (Å²) in [6.45, 7) is 13.5. The highest BCUT2D eigenvalue weighted by Crippen LogP contribution is 2.27. The summed E-state index contributed by atoms with van der Waals surface area (Å²) < 4.78 is 10.2. The van der Waals surface area contributed by atoms with Crippen LogP contribution >= 0.6 is 0 Å². The van der Waals surface area contributed by atoms with Gasteiger partial charge in [-0.1, -0.05) is 41.5 Å². The first-order valence-electron chi connectivity index (χ1n) is 8.27. The van der Waals surface area contributed by atoms with Crippen LogP contribution in [-0.2, 0) is 4.74 Å². The molecule has 0 fully saturated rings. The molecule has 1 aromatic rings. The van der Waals surface area contributed by atoms with Crippen molar-refractivity contribution in [2.24, 2.45) is 11.3 Å². The number of carbonyl (C=O) groups excluding carboxylic acids is 1. The van der Waals surface area contributed by atoms with Crippen molar-refractivity contribution >= 4 is 5.97 Å². The molecule has 0 radical (unpaired) electrons. The summed E-state index contributed by atoms with van der Waals surface area (Å²) in [5, 5.41) is 9.77. The van der Waals surface area contributed by atoms with E-state index in [1.54, 1.807) is 6.07 Å². The minimum atomic E-state index is -0.558. The predicted octanol–water partition coefficient (Wildman–Crippen LogP) is 5.05. The Kier molecular flexibility index (Phi) is 9.38. The van der Waals surface area contributed by atoms with E-state index in [0.29, 0.717) is 23.7 Å². The summed E-state index contributed by atoms with van der Waals surface area (Å²) in [7, 11) is 1.28. The number of esters is 1. The third-order valence-corrected chi connectivity index (χ3v) is 3.21. The van der Waals surface area contributed by atoms with Gasteiger partial charge >= 0.3 is 5.97 Å². The van der Waals surface area contributed by atoms with Crippen molar-refractivity contribution in [2.75, 3.05) is 13.7 Å². The average molecular weight is 324 g/mol. The molecule has 4 nitrogen and oxygen atoms in total. The summed E-state index contributed by atoms with van der Waals surface area (Å²) in [6, 6.07) is 4.62. The molecule has 0 aliphatic carbocycles. The van der Waals surface area contributed by atoms with Gasteiger partial charge in [0.05, 0.1) is 13.7 Å². The van der Waals surface area contributed by atoms with E-state index in [0.717, 1.165) is 12.8 Å². The smallest absolute Gasteiger partial charge is 0.341 e. The molecule has 0 saturated heterocycles. The molecule has 1 aromatic carbocycles. The normalized spacial score (nSPS) is 12.0. The molecule has 1 atom stereocenters. The van der Waals surface area contributed by atoms with Crippen LogP contribution in [0.25, 0.3) is 0 Å². The fourth-order valence-electron chi connectivity index (χ4n) is 2.41. The first-order chi connectivity index (χ1) is 10.7. The lowest BCUT2D eigenvalue weighted by Crippen LogP contribution is -2.13. The van der Waals surface area contributed by atoms with E-state index in [1.165, 1.54) is 19.2 Å². The quantitative estimate of drug-likeness (QED) is 0.744. The molecule has 0 aromatic heterocycles. The van der Waals surface area contributed by atoms with Crippen molar-refractivity contribution in [2.45, 2.75) is 54.4 Å². The van der Waals surface area contributed by atoms with Gasteiger partial charge in [0, 0.05) is 6.07 Å². The molecule has 1 unspecified atom stereocenters. The lowest BCUT2D eigenvalue weighted by Gasteiger charge is -2.23. The number of carbonyl (C=O) groups is 1. The van der Waals surface area contributed by atoms with Crippen LogP contribution in [0.2, 0.25) is 0 Å². The Morgan fingerprint density at radius 3 is 2.35 bits per heavy atom. The molecule has 1 N–H and O–H groups in total. The van der Waals surface area contributed by atoms with Crippen LogP contribution < -0.4 is 4.74 Å². The Hall–Kier alpha value is -1.71. The molecule has 4 heteroatoms. The number of benzene rings is 1. The number of ether oxygens (including phenoxy) is 2. The monoisotopic (exact) mass is 324 g/mol. The fourth-order valence-corrected chi connectivity index (χ4v) is 2.41. The summed E-state index contributed by atoms with van der Waals surface area (Å²) in [5.41, 5.74) is 0.464. The molecule has 0 heterocycles. The number of hydrogen-bond acceptors (Lipinski definition) is 4. The third-order valence-electron chi connectivity index (χ3n) is 3.21. The van der Waals surface area contributed by atoms with E-state index >= 15 is 0 Å². The Morgan fingerprint density at radius 2 is 1.87 bits per heavy atom. The third kappa shape index (κ3) is 8.48. The predicted molar refractivity (Wildman–Crippen MR) is 94.1 cm³/mol. The van der Waals surface area contributed by atoms with Crippen molar-refractivity contribution in [3.05, 3.63) is 23.8 Å². The van der Waals surface area contributed by atoms with Crippen molar-refractivity contribution in [3.63, 3.8) is 0 Å². The van der Waals surface area contributed by atoms with Gasteiger partial charge in [-0.2, -0.15) is 0 Å². The van der Waals surface area contributed by atoms with Crippen molar-refractivity contribution in [3.8, 4) is 11.5 Å². The van der Waals surface area contributed by atoms with Crippen LogP contribution in [0.5, 0.6) is 11.5 Å². The average Bonchev–Trinajstić information content (AvgIpc) is 2.47. The van der Waals surface area contributed by atoms with Crippen LogP contribution in [0.1, 0.15) is 64.7 Å². The highest BCUT2D eigenvalue weighted by molar-refractivity contribution is 5.92. The van der Waals surface area contributed by atoms with Crippen LogP contribution in [0.3, 0.4) is 0 Å². The zero-order valence-corrected chi connectivity index (χ0v) is 15.6. The zero-order chi connectivity index (χ0) is 18.0. The van der Waals surface area contributed by atoms with Crippen molar-refractivity contribution < 1.29 is 19.4 Å². The molecular weight excluding hydrogens is 292 g/mol. The van der Waals surface area contributed by atoms with E-state index in [-0.39, 0.29) is 11.3 Å². The maximum atomic E-state index is 11.4. The van der Waals surface area contributed by atoms with Gasteiger partial charge in [0.25, 0.3) is 0 Å². The number of aromatic hydroxyl groups is 1. The summed E-state index contributed by atoms with van der Waals surface area (Å²) in [6.07, 6.45) is 2.10. The summed E-state index contributed by atoms with van der Waals surface area (Å²) >= 11 is 0. The highest BCUT2D eigenvalue weighted by atomic mass is 16.5. The molecule has 0 spiro atoms. The first-order valence-corrected chi connectivity index (χ1v) is 8.27. The Balaban J connectivity index is 0.00000232. The Bertz CT molecular complexity index is 475. The first kappa shape index (κ1) is 21.3. The summed E-state index contributed by atoms with van der Waals surface area (Å²) in [4.78, 5) is 11.4. The Morgan fingerprint density at radius 1 is 1.26 bits per heavy atom. The van der Waals surface area contributed by atoms with Crippen molar-refractivity contribution in [1.82, 2.24) is 0 Å². The van der Waals surface area contributed by atoms with Gasteiger partial charge in [-0.3, -0.25) is 0 Å². The number of phenolic OH excluding ortho intramolecular Hbond substituents is 1. The van der Waals surface area contributed by atoms with E-state index < -0.39 is 5.97 Å². The van der Waals surface area contributed by atoms with Gasteiger partial charge in [0.2, 0.25) is 0 Å². The molecule has 0 aliphatic rings. The number of phenols is 1. The fraction of sp³-hybridized carbons (Fsp3) is 0.632. The van der Waals surface area contributed by atoms with Crippen LogP contribution in [0.4, 0.5) is 0 Å². The van der Waals surface area contributed by atoms with Crippen LogP contribution in [0, 0.1) is 11.3 Å². The van der Waals surface area contributed by atoms with Gasteiger partial charge in [-0.05, 0) is 36.3 Å². The van der Waals surface area contributed by atoms with Gasteiger partial charge < -0.3 is 14.6 Å². The van der Waals surface area contributed by atoms with E-state index in [9.17, 15) is 9.90 Å². The van der Waals surface area contributed by atoms with Gasteiger partial charge in [0.15, 0.2) is 0 Å². The maximum absolute atomic E-state index is 11.4. The van der Waals surface area contributed by atoms with Gasteiger partial charge in [0.1, 0.15) is 17.1 Å². The number of hydrogen-bond donors (Lipinski definition) is 1. The second-order valence-corrected chi connectivity index (χ2v) is 6.68. The van der Waals surface area contributed by atoms with Crippen LogP contribution in [-0.4, -0.2) is 24.8 Å². The van der Waals surface area contributed by atoms with E-state index in [4.69, 9.17) is 4.74 Å². The molecule has 0 aliphatic heterocycles. The molecule has 1 rings (SSSR count). The highest BCUT2D eigenvalue weighted by Gasteiger charge is 2.15. The van der Waals surface area contributed by atoms with Gasteiger partial charge in [-0.25, -0.2) is 4.79 Å². The topological polar surface area (TPSA) is 55.8 Å². The lowest BCUT2D eigenvalue weighted by molar-refractivity contribution is 0.0597. The summed E-state index contributed by atoms with van der Waals surface area (Å²) in [5.74, 6) is 0.455. The van der Waals surface area contributed by atoms with Crippen molar-refractivity contribution in [1.29, 1.82) is 0 Å². The lowest BCUT2D eigenvalue weighted by atomic mass is 9.84. The zero-order valence-electron chi connectivity index (χ0n) is 15.6. The molecule has 132 valence electrons. The minimum Gasteiger partial charge on any atom is -0.507 e. The standard InChI is InChI=1S/C17H26O4.C2H6/c1-12(11-17(2,3)4)8-9-21-13-6-7-14(15(18)10-13)16(19)20-5;1-2/h6-7,10,12,18H,8-9,11H2,1-5H3;1-2H3. The van der Waals surface area contributed by atoms with E-state index in [1.807, 2.05) is 13.8 Å². The number of rotatable bonds is 6. The second-order valence-electron chi connectivity index (χ2n) is 6.68. The number of methoxy groups -OCH3 is 1. The SMILES string of the molecule is CC.COC(=O)c1ccc(OCCC(C)CC(C)(C)C)cc1O. The molecular formula is C19H32O4. The van der Waals surface area contributed by atoms with E-state index in [2.05, 4.69) is 32.4 Å². The minimum absolute atomic E-state index is 0.123. The molecule has 0 amide bonds.